The monoisotopic (exact) mass is 412 g/mol. The van der Waals surface area contributed by atoms with Crippen molar-refractivity contribution < 1.29 is 18.8 Å². The molecule has 4 rings (SSSR count). The van der Waals surface area contributed by atoms with Crippen LogP contribution < -0.4 is 10.1 Å². The summed E-state index contributed by atoms with van der Waals surface area (Å²) in [5.41, 5.74) is 1.22. The van der Waals surface area contributed by atoms with E-state index in [-0.39, 0.29) is 5.69 Å². The summed E-state index contributed by atoms with van der Waals surface area (Å²) in [7, 11) is 1.58. The Hall–Kier alpha value is -3.79. The largest absolute Gasteiger partial charge is 0.497 e. The summed E-state index contributed by atoms with van der Waals surface area (Å²) in [6.45, 7) is 0. The van der Waals surface area contributed by atoms with Crippen LogP contribution in [0.25, 0.3) is 16.2 Å². The first-order valence-electron chi connectivity index (χ1n) is 8.32. The van der Waals surface area contributed by atoms with Gasteiger partial charge in [-0.25, -0.2) is 4.98 Å². The SMILES string of the molecule is COc1cccc(-c2cn3c(C(=O)Nc4ccc(F)c([N+](=O)[O-])c4)csc3n2)c1. The van der Waals surface area contributed by atoms with Gasteiger partial charge in [-0.15, -0.1) is 11.3 Å². The molecule has 0 radical (unpaired) electrons. The minimum atomic E-state index is -0.969. The van der Waals surface area contributed by atoms with Crippen molar-refractivity contribution in [3.63, 3.8) is 0 Å². The van der Waals surface area contributed by atoms with E-state index in [9.17, 15) is 19.3 Å². The minimum Gasteiger partial charge on any atom is -0.497 e. The van der Waals surface area contributed by atoms with Gasteiger partial charge in [-0.3, -0.25) is 19.3 Å². The van der Waals surface area contributed by atoms with Crippen molar-refractivity contribution in [1.82, 2.24) is 9.38 Å². The summed E-state index contributed by atoms with van der Waals surface area (Å²) < 4.78 is 20.3. The van der Waals surface area contributed by atoms with Crippen LogP contribution in [0.3, 0.4) is 0 Å². The van der Waals surface area contributed by atoms with Crippen molar-refractivity contribution in [3.8, 4) is 17.0 Å². The molecule has 0 fully saturated rings. The van der Waals surface area contributed by atoms with E-state index in [0.717, 1.165) is 17.7 Å². The number of carbonyl (C=O) groups excluding carboxylic acids is 1. The lowest BCUT2D eigenvalue weighted by atomic mass is 10.1. The van der Waals surface area contributed by atoms with E-state index in [1.54, 1.807) is 23.1 Å². The van der Waals surface area contributed by atoms with Gasteiger partial charge in [0.1, 0.15) is 11.4 Å². The molecular formula is C19H13FN4O4S. The number of amides is 1. The molecule has 2 aromatic heterocycles. The molecule has 2 heterocycles. The first kappa shape index (κ1) is 18.6. The standard InChI is InChI=1S/C19H13FN4O4S/c1-28-13-4-2-3-11(7-13)15-9-23-17(10-29-19(23)22-15)18(25)21-12-5-6-14(20)16(8-12)24(26)27/h2-10H,1H3,(H,21,25). The zero-order valence-electron chi connectivity index (χ0n) is 15.0. The molecule has 4 aromatic rings. The lowest BCUT2D eigenvalue weighted by Crippen LogP contribution is -2.14. The fraction of sp³-hybridized carbons (Fsp3) is 0.0526. The van der Waals surface area contributed by atoms with Crippen molar-refractivity contribution in [3.05, 3.63) is 75.7 Å². The molecule has 0 bridgehead atoms. The maximum Gasteiger partial charge on any atom is 0.306 e. The Labute approximate surface area is 167 Å². The first-order chi connectivity index (χ1) is 14.0. The van der Waals surface area contributed by atoms with Gasteiger partial charge in [0.2, 0.25) is 5.82 Å². The highest BCUT2D eigenvalue weighted by Gasteiger charge is 2.18. The van der Waals surface area contributed by atoms with Crippen molar-refractivity contribution in [2.45, 2.75) is 0 Å². The molecule has 0 saturated carbocycles. The van der Waals surface area contributed by atoms with E-state index in [1.165, 1.54) is 17.4 Å². The molecule has 146 valence electrons. The third-order valence-electron chi connectivity index (χ3n) is 4.21. The molecule has 1 N–H and O–H groups in total. The lowest BCUT2D eigenvalue weighted by Gasteiger charge is -2.05. The number of hydrogen-bond acceptors (Lipinski definition) is 6. The molecule has 1 amide bonds. The average Bonchev–Trinajstić information content (AvgIpc) is 3.30. The second-order valence-corrected chi connectivity index (χ2v) is 6.85. The molecule has 2 aromatic carbocycles. The summed E-state index contributed by atoms with van der Waals surface area (Å²) in [5, 5.41) is 15.1. The number of nitrogens with zero attached hydrogens (tertiary/aromatic N) is 3. The van der Waals surface area contributed by atoms with Gasteiger partial charge in [-0.2, -0.15) is 4.39 Å². The van der Waals surface area contributed by atoms with E-state index in [1.807, 2.05) is 24.3 Å². The van der Waals surface area contributed by atoms with Crippen LogP contribution in [-0.2, 0) is 0 Å². The molecule has 0 aliphatic carbocycles. The number of carbonyl (C=O) groups is 1. The van der Waals surface area contributed by atoms with Crippen molar-refractivity contribution in [1.29, 1.82) is 0 Å². The van der Waals surface area contributed by atoms with E-state index in [0.29, 0.717) is 22.1 Å². The number of ether oxygens (including phenoxy) is 1. The Morgan fingerprint density at radius 1 is 1.31 bits per heavy atom. The van der Waals surface area contributed by atoms with Crippen molar-refractivity contribution in [2.75, 3.05) is 12.4 Å². The molecule has 10 heteroatoms. The first-order valence-corrected chi connectivity index (χ1v) is 9.20. The Morgan fingerprint density at radius 2 is 2.14 bits per heavy atom. The van der Waals surface area contributed by atoms with Gasteiger partial charge in [0.15, 0.2) is 4.96 Å². The molecule has 8 nitrogen and oxygen atoms in total. The Balaban J connectivity index is 1.64. The summed E-state index contributed by atoms with van der Waals surface area (Å²) >= 11 is 1.28. The van der Waals surface area contributed by atoms with Gasteiger partial charge in [0.05, 0.1) is 17.7 Å². The number of benzene rings is 2. The van der Waals surface area contributed by atoms with Crippen LogP contribution in [0, 0.1) is 15.9 Å². The summed E-state index contributed by atoms with van der Waals surface area (Å²) in [6.07, 6.45) is 1.72. The quantitative estimate of drug-likeness (QED) is 0.388. The second-order valence-electron chi connectivity index (χ2n) is 6.01. The minimum absolute atomic E-state index is 0.121. The highest BCUT2D eigenvalue weighted by Crippen LogP contribution is 2.27. The van der Waals surface area contributed by atoms with E-state index in [4.69, 9.17) is 4.74 Å². The molecule has 0 aliphatic heterocycles. The fourth-order valence-corrected chi connectivity index (χ4v) is 3.65. The molecular weight excluding hydrogens is 399 g/mol. The fourth-order valence-electron chi connectivity index (χ4n) is 2.79. The molecule has 29 heavy (non-hydrogen) atoms. The number of aromatic nitrogens is 2. The van der Waals surface area contributed by atoms with Crippen LogP contribution >= 0.6 is 11.3 Å². The predicted molar refractivity (Wildman–Crippen MR) is 106 cm³/mol. The summed E-state index contributed by atoms with van der Waals surface area (Å²) in [6, 6.07) is 10.6. The molecule has 0 unspecified atom stereocenters. The van der Waals surface area contributed by atoms with Gasteiger partial charge >= 0.3 is 5.69 Å². The van der Waals surface area contributed by atoms with Gasteiger partial charge in [-0.1, -0.05) is 12.1 Å². The number of nitro groups is 1. The highest BCUT2D eigenvalue weighted by atomic mass is 32.1. The number of halogens is 1. The van der Waals surface area contributed by atoms with Crippen LogP contribution in [-0.4, -0.2) is 27.3 Å². The van der Waals surface area contributed by atoms with Gasteiger partial charge in [-0.05, 0) is 24.3 Å². The molecule has 0 spiro atoms. The van der Waals surface area contributed by atoms with Crippen LogP contribution in [0.1, 0.15) is 10.5 Å². The van der Waals surface area contributed by atoms with Crippen LogP contribution in [0.4, 0.5) is 15.8 Å². The average molecular weight is 412 g/mol. The van der Waals surface area contributed by atoms with Crippen LogP contribution in [0.2, 0.25) is 0 Å². The summed E-state index contributed by atoms with van der Waals surface area (Å²) in [5.74, 6) is -0.773. The number of hydrogen-bond donors (Lipinski definition) is 1. The second kappa shape index (κ2) is 7.32. The third kappa shape index (κ3) is 3.52. The summed E-state index contributed by atoms with van der Waals surface area (Å²) in [4.78, 5) is 27.8. The number of methoxy groups -OCH3 is 1. The number of fused-ring (bicyclic) bond motifs is 1. The van der Waals surface area contributed by atoms with Gasteiger partial charge in [0.25, 0.3) is 5.91 Å². The normalized spacial score (nSPS) is 10.8. The number of thiazole rings is 1. The number of nitrogens with one attached hydrogen (secondary N) is 1. The topological polar surface area (TPSA) is 98.8 Å². The van der Waals surface area contributed by atoms with Crippen LogP contribution in [0.5, 0.6) is 5.75 Å². The lowest BCUT2D eigenvalue weighted by molar-refractivity contribution is -0.387. The maximum absolute atomic E-state index is 13.5. The van der Waals surface area contributed by atoms with Crippen molar-refractivity contribution in [2.24, 2.45) is 0 Å². The zero-order valence-corrected chi connectivity index (χ0v) is 15.8. The van der Waals surface area contributed by atoms with Crippen LogP contribution in [0.15, 0.2) is 54.0 Å². The number of imidazole rings is 1. The third-order valence-corrected chi connectivity index (χ3v) is 5.05. The molecule has 0 aliphatic rings. The number of nitro benzene ring substituents is 1. The Kier molecular flexibility index (Phi) is 4.69. The maximum atomic E-state index is 13.5. The zero-order chi connectivity index (χ0) is 20.5. The number of rotatable bonds is 5. The molecule has 0 atom stereocenters. The number of anilines is 1. The van der Waals surface area contributed by atoms with Crippen molar-refractivity contribution >= 4 is 33.6 Å². The highest BCUT2D eigenvalue weighted by molar-refractivity contribution is 7.15. The Morgan fingerprint density at radius 3 is 2.90 bits per heavy atom. The Bertz CT molecular complexity index is 1250. The smallest absolute Gasteiger partial charge is 0.306 e. The van der Waals surface area contributed by atoms with Gasteiger partial charge < -0.3 is 10.1 Å². The van der Waals surface area contributed by atoms with E-state index in [2.05, 4.69) is 10.3 Å². The predicted octanol–water partition coefficient (Wildman–Crippen LogP) is 4.37. The van der Waals surface area contributed by atoms with E-state index < -0.39 is 22.3 Å². The van der Waals surface area contributed by atoms with E-state index >= 15 is 0 Å². The molecule has 0 saturated heterocycles. The van der Waals surface area contributed by atoms with Gasteiger partial charge in [0, 0.05) is 28.9 Å².